The van der Waals surface area contributed by atoms with Crippen LogP contribution in [-0.2, 0) is 16.1 Å². The maximum Gasteiger partial charge on any atom is 0.407 e. The van der Waals surface area contributed by atoms with E-state index in [0.717, 1.165) is 21.2 Å². The summed E-state index contributed by atoms with van der Waals surface area (Å²) in [5.41, 5.74) is 2.07. The third kappa shape index (κ3) is 5.15. The van der Waals surface area contributed by atoms with Crippen LogP contribution in [0.15, 0.2) is 48.5 Å². The summed E-state index contributed by atoms with van der Waals surface area (Å²) in [5, 5.41) is 18.9. The van der Waals surface area contributed by atoms with Crippen LogP contribution in [0.3, 0.4) is 0 Å². The van der Waals surface area contributed by atoms with E-state index in [1.807, 2.05) is 24.3 Å². The van der Waals surface area contributed by atoms with E-state index in [1.165, 1.54) is 4.90 Å². The molecule has 2 aromatic rings. The lowest BCUT2D eigenvalue weighted by Gasteiger charge is -2.37. The van der Waals surface area contributed by atoms with Crippen LogP contribution in [-0.4, -0.2) is 62.2 Å². The molecule has 3 N–H and O–H groups in total. The molecule has 1 aliphatic heterocycles. The quantitative estimate of drug-likeness (QED) is 0.555. The molecule has 0 aliphatic carbocycles. The fraction of sp³-hybridized carbons (Fsp3) is 0.333. The second-order valence-electron chi connectivity index (χ2n) is 7.22. The van der Waals surface area contributed by atoms with Gasteiger partial charge in [-0.2, -0.15) is 0 Å². The molecule has 31 heavy (non-hydrogen) atoms. The van der Waals surface area contributed by atoms with Crippen molar-refractivity contribution >= 4 is 29.0 Å². The second-order valence-corrected chi connectivity index (χ2v) is 8.08. The number of amides is 1. The van der Waals surface area contributed by atoms with Crippen molar-refractivity contribution in [3.05, 3.63) is 48.5 Å². The van der Waals surface area contributed by atoms with Crippen LogP contribution in [0.5, 0.6) is 5.75 Å². The summed E-state index contributed by atoms with van der Waals surface area (Å²) in [6, 6.07) is 12.9. The average Bonchev–Trinajstić information content (AvgIpc) is 2.77. The second kappa shape index (κ2) is 9.80. The molecule has 1 aliphatic rings. The van der Waals surface area contributed by atoms with Crippen molar-refractivity contribution in [2.24, 2.45) is 5.92 Å². The molecule has 3 rings (SSSR count). The Morgan fingerprint density at radius 3 is 1.97 bits per heavy atom. The van der Waals surface area contributed by atoms with E-state index in [9.17, 15) is 23.5 Å². The smallest absolute Gasteiger partial charge is 0.407 e. The first-order valence-electron chi connectivity index (χ1n) is 9.67. The summed E-state index contributed by atoms with van der Waals surface area (Å²) >= 11 is -2.57. The van der Waals surface area contributed by atoms with E-state index in [-0.39, 0.29) is 13.1 Å². The van der Waals surface area contributed by atoms with Crippen LogP contribution in [0.1, 0.15) is 12.8 Å². The molecule has 9 nitrogen and oxygen atoms in total. The summed E-state index contributed by atoms with van der Waals surface area (Å²) in [5.74, 6) is -0.971. The van der Waals surface area contributed by atoms with Crippen LogP contribution >= 0.6 is 0 Å². The molecule has 1 amide bonds. The molecule has 166 valence electrons. The van der Waals surface area contributed by atoms with Gasteiger partial charge in [0.15, 0.2) is 0 Å². The van der Waals surface area contributed by atoms with Gasteiger partial charge in [0, 0.05) is 13.1 Å². The molecule has 0 aromatic heterocycles. The van der Waals surface area contributed by atoms with Crippen molar-refractivity contribution in [3.8, 4) is 16.9 Å². The number of anilines is 1. The van der Waals surface area contributed by atoms with Crippen molar-refractivity contribution in [2.75, 3.05) is 24.5 Å². The molecule has 1 fully saturated rings. The van der Waals surface area contributed by atoms with E-state index in [0.29, 0.717) is 18.5 Å². The van der Waals surface area contributed by atoms with Crippen molar-refractivity contribution in [3.63, 3.8) is 0 Å². The van der Waals surface area contributed by atoms with Gasteiger partial charge in [-0.1, -0.05) is 24.3 Å². The first-order chi connectivity index (χ1) is 14.8. The normalized spacial score (nSPS) is 16.4. The first kappa shape index (κ1) is 22.6. The van der Waals surface area contributed by atoms with Crippen molar-refractivity contribution in [1.82, 2.24) is 4.90 Å². The van der Waals surface area contributed by atoms with Gasteiger partial charge in [0.25, 0.3) is 11.3 Å². The number of nitrogens with zero attached hydrogens (tertiary/aromatic N) is 2. The molecule has 0 saturated carbocycles. The molecular formula is C21H24N2O7S. The predicted octanol–water partition coefficient (Wildman–Crippen LogP) is 3.15. The van der Waals surface area contributed by atoms with Gasteiger partial charge in [0.05, 0.1) is 12.8 Å². The molecule has 2 unspecified atom stereocenters. The number of likely N-dealkylation sites (tertiary alicyclic amines) is 1. The number of carboxylic acids is 1. The highest BCUT2D eigenvalue weighted by atomic mass is 32.2. The van der Waals surface area contributed by atoms with Gasteiger partial charge in [-0.15, -0.1) is 0 Å². The lowest BCUT2D eigenvalue weighted by Crippen LogP contribution is -2.51. The number of piperidine rings is 1. The van der Waals surface area contributed by atoms with Gasteiger partial charge in [0.1, 0.15) is 11.8 Å². The van der Waals surface area contributed by atoms with Gasteiger partial charge in [-0.25, -0.2) is 13.8 Å². The minimum absolute atomic E-state index is 0.187. The fourth-order valence-electron chi connectivity index (χ4n) is 3.83. The van der Waals surface area contributed by atoms with E-state index in [1.54, 1.807) is 31.4 Å². The summed E-state index contributed by atoms with van der Waals surface area (Å²) in [6.07, 6.45) is -0.469. The minimum Gasteiger partial charge on any atom is -0.497 e. The Balaban J connectivity index is 1.84. The Kier molecular flexibility index (Phi) is 7.13. The molecule has 10 heteroatoms. The lowest BCUT2D eigenvalue weighted by atomic mass is 9.89. The third-order valence-electron chi connectivity index (χ3n) is 5.48. The number of benzene rings is 2. The Bertz CT molecular complexity index is 941. The maximum absolute atomic E-state index is 12.1. The molecule has 2 aromatic carbocycles. The molecule has 2 atom stereocenters. The largest absolute Gasteiger partial charge is 0.497 e. The van der Waals surface area contributed by atoms with Crippen LogP contribution < -0.4 is 9.04 Å². The summed E-state index contributed by atoms with van der Waals surface area (Å²) < 4.78 is 28.2. The topological polar surface area (TPSA) is 128 Å². The summed E-state index contributed by atoms with van der Waals surface area (Å²) in [4.78, 5) is 24.4. The Labute approximate surface area is 182 Å². The van der Waals surface area contributed by atoms with Gasteiger partial charge in [0.2, 0.25) is 0 Å². The van der Waals surface area contributed by atoms with Crippen LogP contribution in [0, 0.1) is 5.92 Å². The Morgan fingerprint density at radius 2 is 1.55 bits per heavy atom. The highest BCUT2D eigenvalue weighted by Gasteiger charge is 2.39. The number of carbonyl (C=O) groups is 2. The highest BCUT2D eigenvalue weighted by molar-refractivity contribution is 7.80. The van der Waals surface area contributed by atoms with E-state index >= 15 is 0 Å². The SMILES string of the molecule is COc1ccc(-c2ccc(N(C(C(=O)O)C3CCN(C(=O)O)CC3)S(=O)O)cc2)cc1. The number of aliphatic carboxylic acids is 1. The first-order valence-corrected chi connectivity index (χ1v) is 10.7. The highest BCUT2D eigenvalue weighted by Crippen LogP contribution is 2.31. The maximum atomic E-state index is 12.1. The third-order valence-corrected chi connectivity index (χ3v) is 6.25. The van der Waals surface area contributed by atoms with Crippen molar-refractivity contribution in [2.45, 2.75) is 18.9 Å². The predicted molar refractivity (Wildman–Crippen MR) is 115 cm³/mol. The zero-order valence-corrected chi connectivity index (χ0v) is 17.7. The number of hydrogen-bond acceptors (Lipinski definition) is 4. The van der Waals surface area contributed by atoms with Crippen LogP contribution in [0.25, 0.3) is 11.1 Å². The molecule has 0 spiro atoms. The fourth-order valence-corrected chi connectivity index (χ4v) is 4.59. The van der Waals surface area contributed by atoms with Gasteiger partial charge in [-0.05, 0) is 54.2 Å². The lowest BCUT2D eigenvalue weighted by molar-refractivity contribution is -0.140. The number of hydrogen-bond donors (Lipinski definition) is 3. The van der Waals surface area contributed by atoms with E-state index in [2.05, 4.69) is 0 Å². The van der Waals surface area contributed by atoms with Gasteiger partial charge in [-0.3, -0.25) is 8.86 Å². The molecular weight excluding hydrogens is 424 g/mol. The molecule has 1 saturated heterocycles. The van der Waals surface area contributed by atoms with Gasteiger partial charge >= 0.3 is 12.1 Å². The van der Waals surface area contributed by atoms with E-state index in [4.69, 9.17) is 9.84 Å². The summed E-state index contributed by atoms with van der Waals surface area (Å²) in [6.45, 7) is 0.373. The average molecular weight is 448 g/mol. The zero-order valence-electron chi connectivity index (χ0n) is 16.9. The summed E-state index contributed by atoms with van der Waals surface area (Å²) in [7, 11) is 1.58. The van der Waals surface area contributed by atoms with Crippen LogP contribution in [0.2, 0.25) is 0 Å². The molecule has 0 bridgehead atoms. The van der Waals surface area contributed by atoms with E-state index < -0.39 is 35.3 Å². The van der Waals surface area contributed by atoms with Crippen LogP contribution in [0.4, 0.5) is 10.5 Å². The number of ether oxygens (including phenoxy) is 1. The Morgan fingerprint density at radius 1 is 1.03 bits per heavy atom. The minimum atomic E-state index is -2.57. The molecule has 1 heterocycles. The monoisotopic (exact) mass is 448 g/mol. The molecule has 0 radical (unpaired) electrons. The number of carboxylic acid groups (broad SMARTS) is 2. The Hall–Kier alpha value is -3.11. The standard InChI is InChI=1S/C21H24N2O7S/c1-30-18-8-4-15(5-9-18)14-2-6-17(7-3-14)23(31(28)29)19(20(24)25)16-10-12-22(13-11-16)21(26)27/h2-9,16,19H,10-13H2,1H3,(H,24,25)(H,26,27)(H,28,29). The van der Waals surface area contributed by atoms with Crippen molar-refractivity contribution in [1.29, 1.82) is 0 Å². The van der Waals surface area contributed by atoms with Crippen molar-refractivity contribution < 1.29 is 33.3 Å². The number of methoxy groups -OCH3 is 1. The van der Waals surface area contributed by atoms with Gasteiger partial charge < -0.3 is 19.8 Å². The number of rotatable bonds is 7. The zero-order chi connectivity index (χ0) is 22.5.